The van der Waals surface area contributed by atoms with Gasteiger partial charge < -0.3 is 14.2 Å². The average molecular weight is 359 g/mol. The molecule has 0 amide bonds. The highest BCUT2D eigenvalue weighted by Gasteiger charge is 2.02. The first-order valence-corrected chi connectivity index (χ1v) is 10.6. The van der Waals surface area contributed by atoms with Gasteiger partial charge in [0.05, 0.1) is 19.8 Å². The summed E-state index contributed by atoms with van der Waals surface area (Å²) in [7, 11) is 0. The molecule has 0 aromatic carbocycles. The first-order valence-electron chi connectivity index (χ1n) is 10.6. The van der Waals surface area contributed by atoms with E-state index in [1.54, 1.807) is 0 Å². The molecule has 0 aliphatic heterocycles. The molecule has 0 fully saturated rings. The molecule has 150 valence electrons. The number of hydrogen-bond acceptors (Lipinski definition) is 4. The second kappa shape index (κ2) is 21.4. The Bertz CT molecular complexity index is 269. The van der Waals surface area contributed by atoms with Gasteiger partial charge in [-0.25, -0.2) is 0 Å². The van der Waals surface area contributed by atoms with Gasteiger partial charge in [-0.3, -0.25) is 4.79 Å². The van der Waals surface area contributed by atoms with Crippen molar-refractivity contribution in [2.75, 3.05) is 33.0 Å². The second-order valence-electron chi connectivity index (χ2n) is 6.73. The van der Waals surface area contributed by atoms with Crippen molar-refractivity contribution in [1.82, 2.24) is 0 Å². The normalized spacial score (nSPS) is 11.0. The smallest absolute Gasteiger partial charge is 0.305 e. The molecular formula is C21H42O4. The van der Waals surface area contributed by atoms with E-state index in [1.807, 2.05) is 0 Å². The monoisotopic (exact) mass is 358 g/mol. The van der Waals surface area contributed by atoms with Crippen molar-refractivity contribution >= 4 is 5.97 Å². The number of carbonyl (C=O) groups excluding carboxylic acids is 1. The predicted octanol–water partition coefficient (Wildman–Crippen LogP) is 5.67. The van der Waals surface area contributed by atoms with Crippen molar-refractivity contribution in [3.8, 4) is 0 Å². The molecule has 0 atom stereocenters. The molecule has 25 heavy (non-hydrogen) atoms. The number of esters is 1. The Hall–Kier alpha value is -0.610. The average Bonchev–Trinajstić information content (AvgIpc) is 2.62. The van der Waals surface area contributed by atoms with Crippen molar-refractivity contribution in [2.24, 2.45) is 0 Å². The summed E-state index contributed by atoms with van der Waals surface area (Å²) in [4.78, 5) is 11.4. The lowest BCUT2D eigenvalue weighted by Crippen LogP contribution is -2.09. The Kier molecular flexibility index (Phi) is 20.9. The van der Waals surface area contributed by atoms with Crippen LogP contribution >= 0.6 is 0 Å². The van der Waals surface area contributed by atoms with Crippen LogP contribution in [-0.2, 0) is 19.0 Å². The summed E-state index contributed by atoms with van der Waals surface area (Å²) in [5, 5.41) is 0. The predicted molar refractivity (Wildman–Crippen MR) is 104 cm³/mol. The van der Waals surface area contributed by atoms with Crippen LogP contribution in [0.5, 0.6) is 0 Å². The van der Waals surface area contributed by atoms with E-state index in [2.05, 4.69) is 13.8 Å². The fourth-order valence-electron chi connectivity index (χ4n) is 2.59. The fraction of sp³-hybridized carbons (Fsp3) is 0.952. The number of hydrogen-bond donors (Lipinski definition) is 0. The molecule has 0 aromatic heterocycles. The zero-order valence-corrected chi connectivity index (χ0v) is 16.9. The van der Waals surface area contributed by atoms with Crippen LogP contribution in [0, 0.1) is 0 Å². The van der Waals surface area contributed by atoms with Gasteiger partial charge in [0.1, 0.15) is 0 Å². The van der Waals surface area contributed by atoms with E-state index in [1.165, 1.54) is 44.9 Å². The lowest BCUT2D eigenvalue weighted by Gasteiger charge is -2.06. The molecule has 4 heteroatoms. The zero-order valence-electron chi connectivity index (χ0n) is 16.9. The highest BCUT2D eigenvalue weighted by molar-refractivity contribution is 5.69. The fourth-order valence-corrected chi connectivity index (χ4v) is 2.59. The van der Waals surface area contributed by atoms with Crippen LogP contribution < -0.4 is 0 Å². The number of rotatable bonds is 20. The molecule has 0 saturated heterocycles. The number of unbranched alkanes of at least 4 members (excludes halogenated alkanes) is 9. The number of ether oxygens (including phenoxy) is 3. The Balaban J connectivity index is 3.08. The van der Waals surface area contributed by atoms with E-state index in [0.717, 1.165) is 38.7 Å². The van der Waals surface area contributed by atoms with Crippen LogP contribution in [0.3, 0.4) is 0 Å². The Labute approximate surface area is 156 Å². The van der Waals surface area contributed by atoms with Gasteiger partial charge in [-0.1, -0.05) is 71.6 Å². The molecule has 0 saturated carbocycles. The van der Waals surface area contributed by atoms with Gasteiger partial charge >= 0.3 is 5.97 Å². The molecule has 0 aromatic rings. The summed E-state index contributed by atoms with van der Waals surface area (Å²) in [6.07, 6.45) is 15.0. The third-order valence-corrected chi connectivity index (χ3v) is 4.19. The summed E-state index contributed by atoms with van der Waals surface area (Å²) in [6, 6.07) is 0. The minimum Gasteiger partial charge on any atom is -0.466 e. The summed E-state index contributed by atoms with van der Waals surface area (Å²) in [5.74, 6) is -0.106. The van der Waals surface area contributed by atoms with Crippen LogP contribution in [-0.4, -0.2) is 39.0 Å². The molecule has 0 heterocycles. The lowest BCUT2D eigenvalue weighted by molar-refractivity contribution is -0.144. The molecule has 0 N–H and O–H groups in total. The van der Waals surface area contributed by atoms with Gasteiger partial charge in [0.2, 0.25) is 0 Å². The maximum absolute atomic E-state index is 11.4. The van der Waals surface area contributed by atoms with Gasteiger partial charge in [0.15, 0.2) is 0 Å². The largest absolute Gasteiger partial charge is 0.466 e. The Morgan fingerprint density at radius 3 is 1.68 bits per heavy atom. The first-order chi connectivity index (χ1) is 12.3. The summed E-state index contributed by atoms with van der Waals surface area (Å²) in [6.45, 7) is 7.65. The van der Waals surface area contributed by atoms with Crippen molar-refractivity contribution < 1.29 is 19.0 Å². The molecule has 0 rings (SSSR count). The minimum atomic E-state index is -0.106. The minimum absolute atomic E-state index is 0.106. The van der Waals surface area contributed by atoms with Crippen LogP contribution in [0.1, 0.15) is 97.3 Å². The van der Waals surface area contributed by atoms with E-state index in [0.29, 0.717) is 32.8 Å². The molecule has 0 aliphatic rings. The molecule has 0 radical (unpaired) electrons. The van der Waals surface area contributed by atoms with E-state index >= 15 is 0 Å². The molecule has 0 aliphatic carbocycles. The van der Waals surface area contributed by atoms with Crippen LogP contribution in [0.15, 0.2) is 0 Å². The molecule has 0 bridgehead atoms. The van der Waals surface area contributed by atoms with Gasteiger partial charge in [0, 0.05) is 19.6 Å². The van der Waals surface area contributed by atoms with Gasteiger partial charge in [0.25, 0.3) is 0 Å². The van der Waals surface area contributed by atoms with Gasteiger partial charge in [-0.05, 0) is 19.3 Å². The molecule has 0 spiro atoms. The molecule has 0 unspecified atom stereocenters. The number of carbonyl (C=O) groups is 1. The quantitative estimate of drug-likeness (QED) is 0.208. The maximum Gasteiger partial charge on any atom is 0.305 e. The standard InChI is InChI=1S/C21H42O4/c1-3-5-7-8-9-10-11-13-16-23-19-20-24-17-14-15-21(22)25-18-12-6-4-2/h3-20H2,1-2H3. The van der Waals surface area contributed by atoms with E-state index in [4.69, 9.17) is 14.2 Å². The van der Waals surface area contributed by atoms with Crippen molar-refractivity contribution in [3.05, 3.63) is 0 Å². The topological polar surface area (TPSA) is 44.8 Å². The van der Waals surface area contributed by atoms with Gasteiger partial charge in [-0.15, -0.1) is 0 Å². The maximum atomic E-state index is 11.4. The van der Waals surface area contributed by atoms with Crippen molar-refractivity contribution in [3.63, 3.8) is 0 Å². The Morgan fingerprint density at radius 1 is 0.560 bits per heavy atom. The second-order valence-corrected chi connectivity index (χ2v) is 6.73. The van der Waals surface area contributed by atoms with Crippen molar-refractivity contribution in [2.45, 2.75) is 97.3 Å². The van der Waals surface area contributed by atoms with E-state index < -0.39 is 0 Å². The van der Waals surface area contributed by atoms with Gasteiger partial charge in [-0.2, -0.15) is 0 Å². The summed E-state index contributed by atoms with van der Waals surface area (Å²) in [5.41, 5.74) is 0. The summed E-state index contributed by atoms with van der Waals surface area (Å²) >= 11 is 0. The van der Waals surface area contributed by atoms with E-state index in [-0.39, 0.29) is 5.97 Å². The van der Waals surface area contributed by atoms with Crippen LogP contribution in [0.2, 0.25) is 0 Å². The molecule has 4 nitrogen and oxygen atoms in total. The highest BCUT2D eigenvalue weighted by atomic mass is 16.5. The summed E-state index contributed by atoms with van der Waals surface area (Å²) < 4.78 is 16.2. The SMILES string of the molecule is CCCCCCCCCCOCCOCCCC(=O)OCCCCC. The lowest BCUT2D eigenvalue weighted by atomic mass is 10.1. The van der Waals surface area contributed by atoms with Crippen molar-refractivity contribution in [1.29, 1.82) is 0 Å². The zero-order chi connectivity index (χ0) is 18.4. The first kappa shape index (κ1) is 24.4. The van der Waals surface area contributed by atoms with E-state index in [9.17, 15) is 4.79 Å². The highest BCUT2D eigenvalue weighted by Crippen LogP contribution is 2.08. The Morgan fingerprint density at radius 2 is 1.04 bits per heavy atom. The third-order valence-electron chi connectivity index (χ3n) is 4.19. The van der Waals surface area contributed by atoms with Crippen LogP contribution in [0.25, 0.3) is 0 Å². The molecular weight excluding hydrogens is 316 g/mol. The van der Waals surface area contributed by atoms with Crippen LogP contribution in [0.4, 0.5) is 0 Å². The third kappa shape index (κ3) is 21.3.